The molecule has 3 heterocycles. The molecule has 156 valence electrons. The van der Waals surface area contributed by atoms with E-state index in [1.807, 2.05) is 6.07 Å². The summed E-state index contributed by atoms with van der Waals surface area (Å²) in [5, 5.41) is 3.50. The van der Waals surface area contributed by atoms with E-state index in [0.717, 1.165) is 11.3 Å². The number of aromatic nitrogens is 2. The average Bonchev–Trinajstić information content (AvgIpc) is 3.09. The number of alkyl halides is 3. The molecule has 0 saturated heterocycles. The van der Waals surface area contributed by atoms with Crippen LogP contribution in [-0.4, -0.2) is 47.0 Å². The molecule has 6 nitrogen and oxygen atoms in total. The third-order valence-corrected chi connectivity index (χ3v) is 5.16. The Hall–Kier alpha value is -2.26. The highest BCUT2D eigenvalue weighted by atomic mass is 35.5. The summed E-state index contributed by atoms with van der Waals surface area (Å²) in [5.41, 5.74) is 1.15. The van der Waals surface area contributed by atoms with Crippen LogP contribution < -0.4 is 10.1 Å². The van der Waals surface area contributed by atoms with Crippen LogP contribution in [0.1, 0.15) is 28.3 Å². The fraction of sp³-hybridized carbons (Fsp3) is 0.474. The lowest BCUT2D eigenvalue weighted by Gasteiger charge is -2.26. The molecule has 0 aliphatic carbocycles. The van der Waals surface area contributed by atoms with Gasteiger partial charge in [-0.05, 0) is 36.6 Å². The second kappa shape index (κ2) is 7.87. The summed E-state index contributed by atoms with van der Waals surface area (Å²) >= 11 is 6.01. The lowest BCUT2D eigenvalue weighted by molar-refractivity contribution is -0.187. The number of aryl methyl sites for hydroxylation is 1. The number of hydrogen-bond donors (Lipinski definition) is 1. The SMILES string of the molecule is O=C(N[C@H]1COc2ccc(Cl)cc2C1)c1cn2c(n1)CC[C@@H](OCC(F)(F)F)C2. The van der Waals surface area contributed by atoms with E-state index in [2.05, 4.69) is 10.3 Å². The number of halogens is 4. The van der Waals surface area contributed by atoms with Crippen molar-refractivity contribution in [1.82, 2.24) is 14.9 Å². The lowest BCUT2D eigenvalue weighted by atomic mass is 10.0. The Morgan fingerprint density at radius 1 is 1.41 bits per heavy atom. The number of ether oxygens (including phenoxy) is 2. The molecule has 1 aromatic heterocycles. The van der Waals surface area contributed by atoms with Crippen LogP contribution in [0.25, 0.3) is 0 Å². The molecule has 10 heteroatoms. The highest BCUT2D eigenvalue weighted by molar-refractivity contribution is 6.30. The maximum absolute atomic E-state index is 12.6. The Balaban J connectivity index is 1.37. The third-order valence-electron chi connectivity index (χ3n) is 4.93. The zero-order valence-corrected chi connectivity index (χ0v) is 16.1. The minimum absolute atomic E-state index is 0.227. The molecule has 2 aliphatic heterocycles. The number of nitrogens with one attached hydrogen (secondary N) is 1. The standard InChI is InChI=1S/C19H19ClF3N3O3/c20-12-1-3-16-11(5-12)6-13(9-28-16)24-18(27)15-8-26-7-14(2-4-17(26)25-15)29-10-19(21,22)23/h1,3,5,8,13-14H,2,4,6-7,9-10H2,(H,24,27)/t13-,14-/m1/s1. The first-order chi connectivity index (χ1) is 13.8. The van der Waals surface area contributed by atoms with Gasteiger partial charge in [-0.1, -0.05) is 11.6 Å². The van der Waals surface area contributed by atoms with Crippen molar-refractivity contribution < 1.29 is 27.4 Å². The van der Waals surface area contributed by atoms with Gasteiger partial charge in [0, 0.05) is 17.6 Å². The Kier molecular flexibility index (Phi) is 5.44. The van der Waals surface area contributed by atoms with E-state index in [9.17, 15) is 18.0 Å². The Labute approximate surface area is 170 Å². The molecule has 0 unspecified atom stereocenters. The highest BCUT2D eigenvalue weighted by Crippen LogP contribution is 2.28. The molecular formula is C19H19ClF3N3O3. The number of benzene rings is 1. The van der Waals surface area contributed by atoms with Gasteiger partial charge in [-0.3, -0.25) is 4.79 Å². The number of rotatable bonds is 4. The van der Waals surface area contributed by atoms with Crippen molar-refractivity contribution in [2.24, 2.45) is 0 Å². The van der Waals surface area contributed by atoms with Crippen LogP contribution in [0.4, 0.5) is 13.2 Å². The number of amides is 1. The van der Waals surface area contributed by atoms with Gasteiger partial charge < -0.3 is 19.4 Å². The van der Waals surface area contributed by atoms with Crippen molar-refractivity contribution in [2.45, 2.75) is 44.1 Å². The van der Waals surface area contributed by atoms with E-state index < -0.39 is 18.9 Å². The number of carbonyl (C=O) groups is 1. The van der Waals surface area contributed by atoms with Crippen molar-refractivity contribution in [3.05, 3.63) is 46.5 Å². The van der Waals surface area contributed by atoms with Crippen LogP contribution in [-0.2, 0) is 24.1 Å². The number of fused-ring (bicyclic) bond motifs is 2. The van der Waals surface area contributed by atoms with Gasteiger partial charge in [0.1, 0.15) is 30.5 Å². The summed E-state index contributed by atoms with van der Waals surface area (Å²) in [6.07, 6.45) is -1.88. The smallest absolute Gasteiger partial charge is 0.411 e. The first-order valence-electron chi connectivity index (χ1n) is 9.23. The van der Waals surface area contributed by atoms with Gasteiger partial charge in [0.25, 0.3) is 5.91 Å². The normalized spacial score (nSPS) is 21.1. The van der Waals surface area contributed by atoms with Gasteiger partial charge in [0.2, 0.25) is 0 Å². The molecular weight excluding hydrogens is 411 g/mol. The average molecular weight is 430 g/mol. The molecule has 1 aromatic carbocycles. The summed E-state index contributed by atoms with van der Waals surface area (Å²) in [7, 11) is 0. The molecule has 29 heavy (non-hydrogen) atoms. The second-order valence-corrected chi connectivity index (χ2v) is 7.66. The van der Waals surface area contributed by atoms with Crippen molar-refractivity contribution in [1.29, 1.82) is 0 Å². The van der Waals surface area contributed by atoms with Gasteiger partial charge in [0.15, 0.2) is 0 Å². The molecule has 0 saturated carbocycles. The van der Waals surface area contributed by atoms with Crippen LogP contribution in [0.5, 0.6) is 5.75 Å². The van der Waals surface area contributed by atoms with E-state index >= 15 is 0 Å². The lowest BCUT2D eigenvalue weighted by Crippen LogP contribution is -2.42. The predicted octanol–water partition coefficient (Wildman–Crippen LogP) is 3.16. The van der Waals surface area contributed by atoms with E-state index in [1.54, 1.807) is 22.9 Å². The van der Waals surface area contributed by atoms with E-state index in [1.165, 1.54) is 0 Å². The molecule has 0 bridgehead atoms. The number of imidazole rings is 1. The van der Waals surface area contributed by atoms with Crippen molar-refractivity contribution in [3.63, 3.8) is 0 Å². The molecule has 2 aromatic rings. The molecule has 1 N–H and O–H groups in total. The van der Waals surface area contributed by atoms with Crippen molar-refractivity contribution >= 4 is 17.5 Å². The maximum atomic E-state index is 12.6. The second-order valence-electron chi connectivity index (χ2n) is 7.22. The van der Waals surface area contributed by atoms with E-state index in [-0.39, 0.29) is 24.2 Å². The number of nitrogens with zero attached hydrogens (tertiary/aromatic N) is 2. The number of carbonyl (C=O) groups excluding carboxylic acids is 1. The fourth-order valence-electron chi connectivity index (χ4n) is 3.59. The van der Waals surface area contributed by atoms with Crippen LogP contribution in [0, 0.1) is 0 Å². The van der Waals surface area contributed by atoms with Crippen molar-refractivity contribution in [3.8, 4) is 5.75 Å². The van der Waals surface area contributed by atoms with E-state index in [0.29, 0.717) is 36.7 Å². The Morgan fingerprint density at radius 3 is 3.03 bits per heavy atom. The minimum Gasteiger partial charge on any atom is -0.491 e. The predicted molar refractivity (Wildman–Crippen MR) is 98.2 cm³/mol. The molecule has 0 fully saturated rings. The topological polar surface area (TPSA) is 65.4 Å². The molecule has 0 spiro atoms. The maximum Gasteiger partial charge on any atom is 0.411 e. The first kappa shape index (κ1) is 20.0. The summed E-state index contributed by atoms with van der Waals surface area (Å²) in [5.74, 6) is 1.07. The van der Waals surface area contributed by atoms with Crippen LogP contribution in [0.2, 0.25) is 5.02 Å². The Morgan fingerprint density at radius 2 is 2.24 bits per heavy atom. The van der Waals surface area contributed by atoms with Gasteiger partial charge in [-0.15, -0.1) is 0 Å². The van der Waals surface area contributed by atoms with Gasteiger partial charge in [-0.2, -0.15) is 13.2 Å². The van der Waals surface area contributed by atoms with Crippen molar-refractivity contribution in [2.75, 3.05) is 13.2 Å². The zero-order chi connectivity index (χ0) is 20.6. The first-order valence-corrected chi connectivity index (χ1v) is 9.61. The molecule has 4 rings (SSSR count). The summed E-state index contributed by atoms with van der Waals surface area (Å²) < 4.78 is 49.3. The zero-order valence-electron chi connectivity index (χ0n) is 15.3. The minimum atomic E-state index is -4.36. The fourth-order valence-corrected chi connectivity index (χ4v) is 3.78. The quantitative estimate of drug-likeness (QED) is 0.810. The Bertz CT molecular complexity index is 916. The molecule has 2 aliphatic rings. The third kappa shape index (κ3) is 4.84. The van der Waals surface area contributed by atoms with Crippen LogP contribution >= 0.6 is 11.6 Å². The van der Waals surface area contributed by atoms with Gasteiger partial charge in [0.05, 0.1) is 18.7 Å². The van der Waals surface area contributed by atoms with Crippen LogP contribution in [0.3, 0.4) is 0 Å². The summed E-state index contributed by atoms with van der Waals surface area (Å²) in [6.45, 7) is -0.701. The van der Waals surface area contributed by atoms with Crippen LogP contribution in [0.15, 0.2) is 24.4 Å². The largest absolute Gasteiger partial charge is 0.491 e. The van der Waals surface area contributed by atoms with Gasteiger partial charge in [-0.25, -0.2) is 4.98 Å². The molecule has 2 atom stereocenters. The monoisotopic (exact) mass is 429 g/mol. The highest BCUT2D eigenvalue weighted by Gasteiger charge is 2.31. The summed E-state index contributed by atoms with van der Waals surface area (Å²) in [4.78, 5) is 16.9. The summed E-state index contributed by atoms with van der Waals surface area (Å²) in [6, 6.07) is 5.14. The van der Waals surface area contributed by atoms with E-state index in [4.69, 9.17) is 21.1 Å². The molecule has 1 amide bonds. The number of hydrogen-bond acceptors (Lipinski definition) is 4. The molecule has 0 radical (unpaired) electrons. The van der Waals surface area contributed by atoms with Gasteiger partial charge >= 0.3 is 6.18 Å².